The first-order valence-corrected chi connectivity index (χ1v) is 11.4. The van der Waals surface area contributed by atoms with Gasteiger partial charge in [0.05, 0.1) is 25.5 Å². The molecule has 2 aliphatic rings. The fraction of sp³-hybridized carbons (Fsp3) is 0.538. The predicted octanol–water partition coefficient (Wildman–Crippen LogP) is 4.94. The maximum Gasteiger partial charge on any atom is 0.205 e. The molecular formula is C26H33N3O3. The predicted molar refractivity (Wildman–Crippen MR) is 124 cm³/mol. The molecule has 0 aliphatic carbocycles. The number of nitrogens with zero attached hydrogens (tertiary/aromatic N) is 3. The van der Waals surface area contributed by atoms with Crippen LogP contribution in [0, 0.1) is 17.9 Å². The Kier molecular flexibility index (Phi) is 6.41. The summed E-state index contributed by atoms with van der Waals surface area (Å²) in [6, 6.07) is 7.96. The lowest BCUT2D eigenvalue weighted by molar-refractivity contribution is -0.0259. The molecule has 170 valence electrons. The van der Waals surface area contributed by atoms with Crippen LogP contribution < -0.4 is 9.47 Å². The molecule has 4 rings (SSSR count). The fourth-order valence-corrected chi connectivity index (χ4v) is 5.08. The summed E-state index contributed by atoms with van der Waals surface area (Å²) in [5.41, 5.74) is 4.01. The Labute approximate surface area is 191 Å². The molecule has 0 spiro atoms. The third-order valence-corrected chi connectivity index (χ3v) is 6.56. The van der Waals surface area contributed by atoms with Gasteiger partial charge < -0.3 is 14.6 Å². The second-order valence-corrected chi connectivity index (χ2v) is 10.2. The Morgan fingerprint density at radius 3 is 2.72 bits per heavy atom. The Morgan fingerprint density at radius 1 is 1.25 bits per heavy atom. The van der Waals surface area contributed by atoms with E-state index in [1.165, 1.54) is 11.1 Å². The van der Waals surface area contributed by atoms with Crippen molar-refractivity contribution in [3.8, 4) is 11.5 Å². The van der Waals surface area contributed by atoms with E-state index < -0.39 is 0 Å². The average molecular weight is 436 g/mol. The third-order valence-electron chi connectivity index (χ3n) is 6.56. The van der Waals surface area contributed by atoms with Gasteiger partial charge in [-0.1, -0.05) is 26.8 Å². The summed E-state index contributed by atoms with van der Waals surface area (Å²) in [6.07, 6.45) is 4.03. The minimum absolute atomic E-state index is 0.215. The number of benzene rings is 1. The summed E-state index contributed by atoms with van der Waals surface area (Å²) >= 11 is 0. The minimum Gasteiger partial charge on any atom is -0.493 e. The quantitative estimate of drug-likeness (QED) is 0.675. The number of aliphatic hydroxyl groups excluding tert-OH is 1. The van der Waals surface area contributed by atoms with E-state index in [1.54, 1.807) is 19.4 Å². The number of pyridine rings is 1. The van der Waals surface area contributed by atoms with Gasteiger partial charge in [0, 0.05) is 25.3 Å². The van der Waals surface area contributed by atoms with Gasteiger partial charge in [0.25, 0.3) is 0 Å². The van der Waals surface area contributed by atoms with Gasteiger partial charge in [-0.05, 0) is 59.9 Å². The number of rotatable bonds is 5. The molecule has 6 heteroatoms. The van der Waals surface area contributed by atoms with Crippen LogP contribution in [0.1, 0.15) is 56.5 Å². The topological polar surface area (TPSA) is 59.2 Å². The van der Waals surface area contributed by atoms with Crippen molar-refractivity contribution in [3.05, 3.63) is 58.7 Å². The summed E-state index contributed by atoms with van der Waals surface area (Å²) in [5.74, 6) is 1.73. The molecular weight excluding hydrogens is 402 g/mol. The van der Waals surface area contributed by atoms with Crippen LogP contribution in [0.3, 0.4) is 0 Å². The summed E-state index contributed by atoms with van der Waals surface area (Å²) in [4.78, 5) is 10.2. The second-order valence-electron chi connectivity index (χ2n) is 10.2. The zero-order valence-electron chi connectivity index (χ0n) is 19.5. The zero-order chi connectivity index (χ0) is 22.9. The number of piperidine rings is 1. The van der Waals surface area contributed by atoms with Gasteiger partial charge in [0.15, 0.2) is 11.5 Å². The largest absolute Gasteiger partial charge is 0.493 e. The maximum absolute atomic E-state index is 10.9. The molecule has 6 nitrogen and oxygen atoms in total. The standard InChI is InChI=1S/C26H33N3O3/c1-26(2,3)13-18-15-29-9-8-17-10-25(32-16-20-7-6-19(27-4)14-28-20)24(31-5)11-21(17)22(29)12-23(18)30/h6-7,10-11,14,18,22-23,30H,8-9,12-13,15-16H2,1-3,5H3/t18-,22-,23-/m1/s1. The van der Waals surface area contributed by atoms with Gasteiger partial charge in [-0.2, -0.15) is 0 Å². The molecule has 1 saturated heterocycles. The van der Waals surface area contributed by atoms with Gasteiger partial charge in [-0.15, -0.1) is 0 Å². The zero-order valence-corrected chi connectivity index (χ0v) is 19.5. The minimum atomic E-state index is -0.284. The molecule has 3 heterocycles. The van der Waals surface area contributed by atoms with Crippen molar-refractivity contribution in [1.29, 1.82) is 0 Å². The summed E-state index contributed by atoms with van der Waals surface area (Å²) < 4.78 is 11.7. The van der Waals surface area contributed by atoms with E-state index in [9.17, 15) is 5.11 Å². The van der Waals surface area contributed by atoms with Crippen molar-refractivity contribution in [3.63, 3.8) is 0 Å². The average Bonchev–Trinajstić information content (AvgIpc) is 2.77. The summed E-state index contributed by atoms with van der Waals surface area (Å²) in [5, 5.41) is 10.9. The number of hydrogen-bond donors (Lipinski definition) is 1. The highest BCUT2D eigenvalue weighted by Gasteiger charge is 2.39. The molecule has 2 aromatic rings. The highest BCUT2D eigenvalue weighted by Crippen LogP contribution is 2.44. The van der Waals surface area contributed by atoms with Crippen LogP contribution in [-0.2, 0) is 13.0 Å². The molecule has 1 aromatic carbocycles. The fourth-order valence-electron chi connectivity index (χ4n) is 5.08. The molecule has 2 aliphatic heterocycles. The Hall–Kier alpha value is -2.62. The van der Waals surface area contributed by atoms with Crippen LogP contribution >= 0.6 is 0 Å². The van der Waals surface area contributed by atoms with Crippen molar-refractivity contribution >= 4 is 5.69 Å². The molecule has 0 unspecified atom stereocenters. The Morgan fingerprint density at radius 2 is 2.06 bits per heavy atom. The first-order chi connectivity index (χ1) is 15.3. The molecule has 0 bridgehead atoms. The lowest BCUT2D eigenvalue weighted by Gasteiger charge is -2.47. The van der Waals surface area contributed by atoms with Crippen molar-refractivity contribution in [2.45, 2.75) is 58.8 Å². The molecule has 32 heavy (non-hydrogen) atoms. The van der Waals surface area contributed by atoms with E-state index in [1.807, 2.05) is 6.07 Å². The van der Waals surface area contributed by atoms with Crippen LogP contribution in [0.5, 0.6) is 11.5 Å². The third kappa shape index (κ3) is 4.90. The molecule has 3 atom stereocenters. The smallest absolute Gasteiger partial charge is 0.205 e. The van der Waals surface area contributed by atoms with E-state index >= 15 is 0 Å². The van der Waals surface area contributed by atoms with Gasteiger partial charge in [-0.3, -0.25) is 9.88 Å². The van der Waals surface area contributed by atoms with E-state index in [2.05, 4.69) is 47.6 Å². The number of fused-ring (bicyclic) bond motifs is 3. The molecule has 0 saturated carbocycles. The first kappa shape index (κ1) is 22.6. The van der Waals surface area contributed by atoms with Crippen LogP contribution in [0.15, 0.2) is 30.5 Å². The molecule has 1 aromatic heterocycles. The van der Waals surface area contributed by atoms with E-state index in [0.717, 1.165) is 38.0 Å². The van der Waals surface area contributed by atoms with Gasteiger partial charge in [-0.25, -0.2) is 4.85 Å². The van der Waals surface area contributed by atoms with E-state index in [-0.39, 0.29) is 17.6 Å². The van der Waals surface area contributed by atoms with Crippen LogP contribution in [0.4, 0.5) is 5.69 Å². The van der Waals surface area contributed by atoms with Gasteiger partial charge in [0.1, 0.15) is 6.61 Å². The number of aromatic nitrogens is 1. The Balaban J connectivity index is 1.51. The maximum atomic E-state index is 10.9. The number of methoxy groups -OCH3 is 1. The number of hydrogen-bond acceptors (Lipinski definition) is 5. The summed E-state index contributed by atoms with van der Waals surface area (Å²) in [7, 11) is 1.66. The normalized spacial score (nSPS) is 23.1. The SMILES string of the molecule is [C-]#[N+]c1ccc(COc2cc3c(cc2OC)[C@H]2C[C@@H](O)[C@H](CC(C)(C)C)CN2CC3)nc1. The van der Waals surface area contributed by atoms with E-state index in [4.69, 9.17) is 16.0 Å². The molecule has 1 fully saturated rings. The van der Waals surface area contributed by atoms with Crippen LogP contribution in [0.25, 0.3) is 4.85 Å². The Bertz CT molecular complexity index is 991. The number of aliphatic hydroxyl groups is 1. The van der Waals surface area contributed by atoms with Crippen LogP contribution in [0.2, 0.25) is 0 Å². The van der Waals surface area contributed by atoms with E-state index in [0.29, 0.717) is 29.7 Å². The van der Waals surface area contributed by atoms with Crippen molar-refractivity contribution < 1.29 is 14.6 Å². The molecule has 0 radical (unpaired) electrons. The molecule has 1 N–H and O–H groups in total. The highest BCUT2D eigenvalue weighted by molar-refractivity contribution is 5.50. The second kappa shape index (κ2) is 9.09. The van der Waals surface area contributed by atoms with Gasteiger partial charge >= 0.3 is 0 Å². The van der Waals surface area contributed by atoms with Crippen LogP contribution in [-0.4, -0.2) is 41.3 Å². The van der Waals surface area contributed by atoms with Crippen molar-refractivity contribution in [2.75, 3.05) is 20.2 Å². The lowest BCUT2D eigenvalue weighted by Crippen LogP contribution is -2.48. The monoisotopic (exact) mass is 435 g/mol. The van der Waals surface area contributed by atoms with Crippen molar-refractivity contribution in [2.24, 2.45) is 11.3 Å². The number of ether oxygens (including phenoxy) is 2. The molecule has 0 amide bonds. The first-order valence-electron chi connectivity index (χ1n) is 11.4. The lowest BCUT2D eigenvalue weighted by atomic mass is 9.75. The summed E-state index contributed by atoms with van der Waals surface area (Å²) in [6.45, 7) is 16.0. The van der Waals surface area contributed by atoms with Gasteiger partial charge in [0.2, 0.25) is 5.69 Å². The van der Waals surface area contributed by atoms with Crippen molar-refractivity contribution in [1.82, 2.24) is 9.88 Å². The highest BCUT2D eigenvalue weighted by atomic mass is 16.5.